The molecule has 1 aromatic carbocycles. The topological polar surface area (TPSA) is 41.1 Å². The minimum atomic E-state index is -0.241. The molecule has 0 saturated carbocycles. The van der Waals surface area contributed by atoms with Crippen LogP contribution in [-0.4, -0.2) is 24.0 Å². The Kier molecular flexibility index (Phi) is 4.24. The van der Waals surface area contributed by atoms with Crippen molar-refractivity contribution in [1.82, 2.24) is 10.6 Å². The number of hydrogen-bond acceptors (Lipinski definition) is 2. The molecule has 2 fully saturated rings. The summed E-state index contributed by atoms with van der Waals surface area (Å²) < 4.78 is 13.2. The van der Waals surface area contributed by atoms with E-state index >= 15 is 0 Å². The molecule has 0 spiro atoms. The lowest BCUT2D eigenvalue weighted by molar-refractivity contribution is -0.125. The fourth-order valence-corrected chi connectivity index (χ4v) is 3.63. The van der Waals surface area contributed by atoms with E-state index in [1.165, 1.54) is 25.0 Å². The molecule has 2 N–H and O–H groups in total. The first-order valence-electron chi connectivity index (χ1n) is 7.91. The van der Waals surface area contributed by atoms with Crippen LogP contribution in [-0.2, 0) is 11.2 Å². The predicted octanol–water partition coefficient (Wildman–Crippen LogP) is 2.40. The highest BCUT2D eigenvalue weighted by atomic mass is 19.1. The molecule has 0 aromatic heterocycles. The van der Waals surface area contributed by atoms with Crippen molar-refractivity contribution in [2.75, 3.05) is 0 Å². The monoisotopic (exact) mass is 290 g/mol. The molecular formula is C17H23FN2O. The number of amides is 1. The summed E-state index contributed by atoms with van der Waals surface area (Å²) in [5, 5.41) is 6.76. The highest BCUT2D eigenvalue weighted by Crippen LogP contribution is 2.27. The van der Waals surface area contributed by atoms with Crippen molar-refractivity contribution in [2.45, 2.75) is 57.2 Å². The molecule has 21 heavy (non-hydrogen) atoms. The largest absolute Gasteiger partial charge is 0.353 e. The van der Waals surface area contributed by atoms with Crippen molar-refractivity contribution < 1.29 is 9.18 Å². The number of carbonyl (C=O) groups is 1. The van der Waals surface area contributed by atoms with Crippen LogP contribution in [0.2, 0.25) is 0 Å². The van der Waals surface area contributed by atoms with Crippen molar-refractivity contribution in [3.05, 3.63) is 35.6 Å². The zero-order valence-electron chi connectivity index (χ0n) is 12.4. The Balaban J connectivity index is 1.53. The highest BCUT2D eigenvalue weighted by molar-refractivity contribution is 5.78. The van der Waals surface area contributed by atoms with Crippen LogP contribution in [0.25, 0.3) is 0 Å². The fourth-order valence-electron chi connectivity index (χ4n) is 3.63. The summed E-state index contributed by atoms with van der Waals surface area (Å²) in [5.41, 5.74) is 0.878. The van der Waals surface area contributed by atoms with Crippen LogP contribution >= 0.6 is 0 Å². The first-order valence-corrected chi connectivity index (χ1v) is 7.91. The van der Waals surface area contributed by atoms with Gasteiger partial charge in [-0.25, -0.2) is 4.39 Å². The van der Waals surface area contributed by atoms with Crippen LogP contribution < -0.4 is 10.6 Å². The van der Waals surface area contributed by atoms with Gasteiger partial charge in [0.15, 0.2) is 0 Å². The van der Waals surface area contributed by atoms with E-state index in [1.807, 2.05) is 13.0 Å². The van der Waals surface area contributed by atoms with Gasteiger partial charge in [0, 0.05) is 24.0 Å². The second kappa shape index (κ2) is 6.14. The Morgan fingerprint density at radius 1 is 1.38 bits per heavy atom. The number of benzene rings is 1. The first-order chi connectivity index (χ1) is 10.1. The van der Waals surface area contributed by atoms with Crippen LogP contribution in [0.15, 0.2) is 24.3 Å². The van der Waals surface area contributed by atoms with Crippen molar-refractivity contribution in [3.8, 4) is 0 Å². The van der Waals surface area contributed by atoms with Crippen molar-refractivity contribution in [3.63, 3.8) is 0 Å². The van der Waals surface area contributed by atoms with E-state index < -0.39 is 0 Å². The fraction of sp³-hybridized carbons (Fsp3) is 0.588. The molecule has 2 bridgehead atoms. The van der Waals surface area contributed by atoms with E-state index in [-0.39, 0.29) is 17.6 Å². The molecule has 1 aromatic rings. The lowest BCUT2D eigenvalue weighted by Gasteiger charge is -2.30. The number of nitrogens with one attached hydrogen (secondary N) is 2. The highest BCUT2D eigenvalue weighted by Gasteiger charge is 2.34. The molecule has 0 aliphatic carbocycles. The van der Waals surface area contributed by atoms with Gasteiger partial charge >= 0.3 is 0 Å². The maximum Gasteiger partial charge on any atom is 0.223 e. The maximum atomic E-state index is 13.2. The summed E-state index contributed by atoms with van der Waals surface area (Å²) in [4.78, 5) is 12.3. The second-order valence-electron chi connectivity index (χ2n) is 6.55. The lowest BCUT2D eigenvalue weighted by Crippen LogP contribution is -2.49. The average molecular weight is 290 g/mol. The lowest BCUT2D eigenvalue weighted by atomic mass is 9.96. The number of hydrogen-bond donors (Lipinski definition) is 2. The molecule has 2 heterocycles. The Hall–Kier alpha value is -1.42. The van der Waals surface area contributed by atoms with Gasteiger partial charge in [-0.3, -0.25) is 4.79 Å². The summed E-state index contributed by atoms with van der Waals surface area (Å²) in [6.45, 7) is 1.91. The van der Waals surface area contributed by atoms with Crippen LogP contribution in [0, 0.1) is 11.7 Å². The minimum Gasteiger partial charge on any atom is -0.353 e. The van der Waals surface area contributed by atoms with Gasteiger partial charge in [-0.1, -0.05) is 19.1 Å². The van der Waals surface area contributed by atoms with Crippen LogP contribution in [0.4, 0.5) is 4.39 Å². The molecule has 3 unspecified atom stereocenters. The molecule has 2 aliphatic rings. The number of rotatable bonds is 4. The zero-order chi connectivity index (χ0) is 14.8. The van der Waals surface area contributed by atoms with Crippen LogP contribution in [0.1, 0.15) is 38.2 Å². The van der Waals surface area contributed by atoms with E-state index in [0.717, 1.165) is 18.4 Å². The van der Waals surface area contributed by atoms with Gasteiger partial charge in [-0.05, 0) is 49.8 Å². The van der Waals surface area contributed by atoms with Gasteiger partial charge in [0.25, 0.3) is 0 Å². The van der Waals surface area contributed by atoms with Crippen molar-refractivity contribution >= 4 is 5.91 Å². The summed E-state index contributed by atoms with van der Waals surface area (Å²) in [7, 11) is 0. The average Bonchev–Trinajstić information content (AvgIpc) is 2.78. The molecule has 3 rings (SSSR count). The quantitative estimate of drug-likeness (QED) is 0.894. The van der Waals surface area contributed by atoms with E-state index in [0.29, 0.717) is 24.5 Å². The SMILES string of the molecule is CC(Cc1cccc(F)c1)C(=O)NC1CC2CCC(C1)N2. The maximum absolute atomic E-state index is 13.2. The number of halogens is 1. The number of piperidine rings is 1. The molecule has 0 radical (unpaired) electrons. The van der Waals surface area contributed by atoms with Crippen LogP contribution in [0.5, 0.6) is 0 Å². The van der Waals surface area contributed by atoms with E-state index in [1.54, 1.807) is 6.07 Å². The predicted molar refractivity (Wildman–Crippen MR) is 80.4 cm³/mol. The molecule has 2 saturated heterocycles. The van der Waals surface area contributed by atoms with Crippen LogP contribution in [0.3, 0.4) is 0 Å². The Morgan fingerprint density at radius 3 is 2.76 bits per heavy atom. The van der Waals surface area contributed by atoms with Gasteiger partial charge in [0.2, 0.25) is 5.91 Å². The summed E-state index contributed by atoms with van der Waals surface area (Å²) in [5.74, 6) is -0.278. The van der Waals surface area contributed by atoms with E-state index in [9.17, 15) is 9.18 Å². The Morgan fingerprint density at radius 2 is 2.10 bits per heavy atom. The first kappa shape index (κ1) is 14.5. The van der Waals surface area contributed by atoms with Crippen molar-refractivity contribution in [1.29, 1.82) is 0 Å². The summed E-state index contributed by atoms with van der Waals surface area (Å²) in [6.07, 6.45) is 5.12. The molecular weight excluding hydrogens is 267 g/mol. The zero-order valence-corrected chi connectivity index (χ0v) is 12.4. The second-order valence-corrected chi connectivity index (χ2v) is 6.55. The number of fused-ring (bicyclic) bond motifs is 2. The van der Waals surface area contributed by atoms with E-state index in [4.69, 9.17) is 0 Å². The van der Waals surface area contributed by atoms with Gasteiger partial charge in [0.1, 0.15) is 5.82 Å². The standard InChI is InChI=1S/C17H23FN2O/c1-11(7-12-3-2-4-13(18)8-12)17(21)20-16-9-14-5-6-15(10-16)19-14/h2-4,8,11,14-16,19H,5-7,9-10H2,1H3,(H,20,21). The van der Waals surface area contributed by atoms with Gasteiger partial charge in [-0.15, -0.1) is 0 Å². The third kappa shape index (κ3) is 3.62. The molecule has 1 amide bonds. The number of carbonyl (C=O) groups excluding carboxylic acids is 1. The van der Waals surface area contributed by atoms with Gasteiger partial charge in [-0.2, -0.15) is 0 Å². The van der Waals surface area contributed by atoms with E-state index in [2.05, 4.69) is 10.6 Å². The molecule has 3 atom stereocenters. The molecule has 2 aliphatic heterocycles. The van der Waals surface area contributed by atoms with Crippen molar-refractivity contribution in [2.24, 2.45) is 5.92 Å². The smallest absolute Gasteiger partial charge is 0.223 e. The summed E-state index contributed by atoms with van der Waals surface area (Å²) in [6, 6.07) is 7.96. The Labute approximate surface area is 125 Å². The molecule has 4 heteroatoms. The molecule has 114 valence electrons. The normalized spacial score (nSPS) is 29.1. The Bertz CT molecular complexity index is 507. The van der Waals surface area contributed by atoms with Gasteiger partial charge < -0.3 is 10.6 Å². The summed E-state index contributed by atoms with van der Waals surface area (Å²) >= 11 is 0. The van der Waals surface area contributed by atoms with Gasteiger partial charge in [0.05, 0.1) is 0 Å². The molecule has 3 nitrogen and oxygen atoms in total. The third-order valence-electron chi connectivity index (χ3n) is 4.70. The minimum absolute atomic E-state index is 0.0885. The third-order valence-corrected chi connectivity index (χ3v) is 4.70.